The molecule has 1 atom stereocenters. The van der Waals surface area contributed by atoms with Gasteiger partial charge in [-0.05, 0) is 35.9 Å². The smallest absolute Gasteiger partial charge is 0.497 e. The van der Waals surface area contributed by atoms with Crippen LogP contribution in [0, 0.1) is 5.82 Å². The molecule has 0 aliphatic heterocycles. The second-order valence-corrected chi connectivity index (χ2v) is 4.48. The number of nitrogens with two attached hydrogens (primary N) is 1. The van der Waals surface area contributed by atoms with E-state index in [2.05, 4.69) is 4.74 Å². The van der Waals surface area contributed by atoms with Crippen molar-refractivity contribution in [2.45, 2.75) is 12.4 Å². The Labute approximate surface area is 136 Å². The lowest BCUT2D eigenvalue weighted by atomic mass is 9.99. The molecule has 3 nitrogen and oxygen atoms in total. The molecule has 0 radical (unpaired) electrons. The summed E-state index contributed by atoms with van der Waals surface area (Å²) in [6.07, 6.45) is -4.76. The normalized spacial score (nSPS) is 12.3. The van der Waals surface area contributed by atoms with Crippen LogP contribution in [0.3, 0.4) is 0 Å². The summed E-state index contributed by atoms with van der Waals surface area (Å²) >= 11 is 0. The lowest BCUT2D eigenvalue weighted by Gasteiger charge is -2.15. The van der Waals surface area contributed by atoms with E-state index >= 15 is 0 Å². The highest BCUT2D eigenvalue weighted by molar-refractivity contribution is 5.85. The Hall–Kier alpha value is -1.99. The molecule has 0 saturated heterocycles. The van der Waals surface area contributed by atoms with Crippen LogP contribution >= 0.6 is 12.4 Å². The van der Waals surface area contributed by atoms with Gasteiger partial charge in [0.15, 0.2) is 0 Å². The lowest BCUT2D eigenvalue weighted by molar-refractivity contribution is -0.274. The van der Waals surface area contributed by atoms with Crippen LogP contribution in [-0.2, 0) is 0 Å². The molecule has 2 aromatic rings. The molecule has 23 heavy (non-hydrogen) atoms. The SMILES string of the molecule is COc1ccc(F)c([C@H](N)c2ccc(OC(F)(F)F)cc2)c1.Cl. The van der Waals surface area contributed by atoms with Gasteiger partial charge in [-0.15, -0.1) is 25.6 Å². The average Bonchev–Trinajstić information content (AvgIpc) is 2.46. The fraction of sp³-hybridized carbons (Fsp3) is 0.200. The highest BCUT2D eigenvalue weighted by atomic mass is 35.5. The van der Waals surface area contributed by atoms with Gasteiger partial charge in [0, 0.05) is 5.56 Å². The highest BCUT2D eigenvalue weighted by Crippen LogP contribution is 2.28. The predicted octanol–water partition coefficient (Wildman–Crippen LogP) is 4.20. The molecule has 0 spiro atoms. The summed E-state index contributed by atoms with van der Waals surface area (Å²) in [5.41, 5.74) is 6.59. The standard InChI is InChI=1S/C15H13F4NO2.ClH/c1-21-11-6-7-13(16)12(8-11)14(20)9-2-4-10(5-3-9)22-15(17,18)19;/h2-8,14H,20H2,1H3;1H/t14-;/m1./s1. The van der Waals surface area contributed by atoms with Gasteiger partial charge in [-0.3, -0.25) is 0 Å². The van der Waals surface area contributed by atoms with Crippen LogP contribution in [0.15, 0.2) is 42.5 Å². The molecule has 0 fully saturated rings. The van der Waals surface area contributed by atoms with Gasteiger partial charge in [0.25, 0.3) is 0 Å². The van der Waals surface area contributed by atoms with Crippen LogP contribution in [0.1, 0.15) is 17.2 Å². The number of halogens is 5. The second-order valence-electron chi connectivity index (χ2n) is 4.48. The number of benzene rings is 2. The molecule has 0 saturated carbocycles. The first-order valence-electron chi connectivity index (χ1n) is 6.25. The minimum atomic E-state index is -4.76. The van der Waals surface area contributed by atoms with E-state index in [0.29, 0.717) is 11.3 Å². The summed E-state index contributed by atoms with van der Waals surface area (Å²) in [7, 11) is 1.44. The Kier molecular flexibility index (Phi) is 6.23. The third-order valence-corrected chi connectivity index (χ3v) is 3.01. The van der Waals surface area contributed by atoms with E-state index < -0.39 is 18.2 Å². The van der Waals surface area contributed by atoms with Gasteiger partial charge in [-0.1, -0.05) is 12.1 Å². The van der Waals surface area contributed by atoms with E-state index in [1.165, 1.54) is 37.4 Å². The van der Waals surface area contributed by atoms with Crippen molar-refractivity contribution in [1.29, 1.82) is 0 Å². The number of alkyl halides is 3. The van der Waals surface area contributed by atoms with Gasteiger partial charge in [0.05, 0.1) is 13.2 Å². The van der Waals surface area contributed by atoms with E-state index in [1.54, 1.807) is 0 Å². The van der Waals surface area contributed by atoms with Crippen molar-refractivity contribution in [3.63, 3.8) is 0 Å². The number of methoxy groups -OCH3 is 1. The largest absolute Gasteiger partial charge is 0.573 e. The molecule has 8 heteroatoms. The van der Waals surface area contributed by atoms with Crippen LogP contribution in [0.2, 0.25) is 0 Å². The van der Waals surface area contributed by atoms with Crippen molar-refractivity contribution in [2.24, 2.45) is 5.73 Å². The van der Waals surface area contributed by atoms with Crippen molar-refractivity contribution in [2.75, 3.05) is 7.11 Å². The Balaban J connectivity index is 0.00000264. The number of rotatable bonds is 4. The zero-order valence-corrected chi connectivity index (χ0v) is 12.7. The van der Waals surface area contributed by atoms with Crippen molar-refractivity contribution < 1.29 is 27.0 Å². The fourth-order valence-electron chi connectivity index (χ4n) is 1.94. The summed E-state index contributed by atoms with van der Waals surface area (Å²) in [6.45, 7) is 0. The summed E-state index contributed by atoms with van der Waals surface area (Å²) in [5.74, 6) is -0.456. The number of hydrogen-bond acceptors (Lipinski definition) is 3. The van der Waals surface area contributed by atoms with Crippen LogP contribution in [0.4, 0.5) is 17.6 Å². The molecule has 2 rings (SSSR count). The third kappa shape index (κ3) is 5.01. The van der Waals surface area contributed by atoms with Gasteiger partial charge < -0.3 is 15.2 Å². The molecular weight excluding hydrogens is 338 g/mol. The first-order valence-corrected chi connectivity index (χ1v) is 6.25. The molecule has 126 valence electrons. The minimum Gasteiger partial charge on any atom is -0.497 e. The molecule has 0 bridgehead atoms. The van der Waals surface area contributed by atoms with Gasteiger partial charge in [-0.25, -0.2) is 4.39 Å². The molecular formula is C15H14ClF4NO2. The Morgan fingerprint density at radius 2 is 1.57 bits per heavy atom. The molecule has 0 unspecified atom stereocenters. The fourth-order valence-corrected chi connectivity index (χ4v) is 1.94. The molecule has 2 N–H and O–H groups in total. The van der Waals surface area contributed by atoms with Crippen LogP contribution in [0.25, 0.3) is 0 Å². The summed E-state index contributed by atoms with van der Waals surface area (Å²) in [5, 5.41) is 0. The Morgan fingerprint density at radius 1 is 1.00 bits per heavy atom. The van der Waals surface area contributed by atoms with Gasteiger partial charge in [0.2, 0.25) is 0 Å². The van der Waals surface area contributed by atoms with Crippen LogP contribution < -0.4 is 15.2 Å². The highest BCUT2D eigenvalue weighted by Gasteiger charge is 2.31. The Morgan fingerprint density at radius 3 is 2.09 bits per heavy atom. The summed E-state index contributed by atoms with van der Waals surface area (Å²) in [4.78, 5) is 0. The predicted molar refractivity (Wildman–Crippen MR) is 79.4 cm³/mol. The summed E-state index contributed by atoms with van der Waals surface area (Å²) in [6, 6.07) is 8.23. The molecule has 0 aliphatic rings. The van der Waals surface area contributed by atoms with E-state index in [-0.39, 0.29) is 23.7 Å². The molecule has 2 aromatic carbocycles. The molecule has 0 aromatic heterocycles. The maximum Gasteiger partial charge on any atom is 0.573 e. The van der Waals surface area contributed by atoms with Gasteiger partial charge in [-0.2, -0.15) is 0 Å². The monoisotopic (exact) mass is 351 g/mol. The Bertz CT molecular complexity index is 647. The lowest BCUT2D eigenvalue weighted by Crippen LogP contribution is -2.17. The van der Waals surface area contributed by atoms with E-state index in [1.807, 2.05) is 0 Å². The number of ether oxygens (including phenoxy) is 2. The quantitative estimate of drug-likeness (QED) is 0.839. The zero-order valence-electron chi connectivity index (χ0n) is 11.9. The van der Waals surface area contributed by atoms with Gasteiger partial charge in [0.1, 0.15) is 17.3 Å². The molecule has 0 amide bonds. The number of hydrogen-bond donors (Lipinski definition) is 1. The first-order chi connectivity index (χ1) is 10.3. The summed E-state index contributed by atoms with van der Waals surface area (Å²) < 4.78 is 58.9. The van der Waals surface area contributed by atoms with Crippen molar-refractivity contribution in [3.8, 4) is 11.5 Å². The van der Waals surface area contributed by atoms with Gasteiger partial charge >= 0.3 is 6.36 Å². The topological polar surface area (TPSA) is 44.5 Å². The van der Waals surface area contributed by atoms with Crippen LogP contribution in [0.5, 0.6) is 11.5 Å². The molecule has 0 aliphatic carbocycles. The van der Waals surface area contributed by atoms with E-state index in [0.717, 1.165) is 12.1 Å². The van der Waals surface area contributed by atoms with Crippen molar-refractivity contribution in [3.05, 3.63) is 59.4 Å². The molecule has 0 heterocycles. The van der Waals surface area contributed by atoms with Crippen LogP contribution in [-0.4, -0.2) is 13.5 Å². The zero-order chi connectivity index (χ0) is 16.3. The third-order valence-electron chi connectivity index (χ3n) is 3.01. The van der Waals surface area contributed by atoms with Crippen molar-refractivity contribution >= 4 is 12.4 Å². The maximum absolute atomic E-state index is 13.8. The average molecular weight is 352 g/mol. The minimum absolute atomic E-state index is 0. The van der Waals surface area contributed by atoms with Crippen molar-refractivity contribution in [1.82, 2.24) is 0 Å². The van der Waals surface area contributed by atoms with E-state index in [4.69, 9.17) is 10.5 Å². The second kappa shape index (κ2) is 7.52. The maximum atomic E-state index is 13.8. The first kappa shape index (κ1) is 19.1. The van der Waals surface area contributed by atoms with E-state index in [9.17, 15) is 17.6 Å².